The van der Waals surface area contributed by atoms with E-state index in [1.807, 2.05) is 50.1 Å². The Kier molecular flexibility index (Phi) is 4.86. The molecule has 0 aliphatic heterocycles. The molecule has 0 spiro atoms. The number of carbonyl (C=O) groups excluding carboxylic acids is 1. The van der Waals surface area contributed by atoms with Crippen LogP contribution in [0.15, 0.2) is 24.3 Å². The van der Waals surface area contributed by atoms with Crippen molar-refractivity contribution in [3.05, 3.63) is 35.4 Å². The quantitative estimate of drug-likeness (QED) is 0.729. The lowest BCUT2D eigenvalue weighted by molar-refractivity contribution is 0.0943. The number of Topliss-reactive ketones (excluding diaryl/α,β-unsaturated/α-hetero) is 1. The number of benzene rings is 1. The fraction of sp³-hybridized carbons (Fsp3) is 0.429. The molecule has 0 heterocycles. The predicted octanol–water partition coefficient (Wildman–Crippen LogP) is 2.27. The number of nitrogens with zero attached hydrogens (tertiary/aromatic N) is 2. The molecule has 0 fully saturated rings. The summed E-state index contributed by atoms with van der Waals surface area (Å²) in [4.78, 5) is 13.8. The van der Waals surface area contributed by atoms with Gasteiger partial charge >= 0.3 is 0 Å². The highest BCUT2D eigenvalue weighted by Crippen LogP contribution is 2.05. The Bertz CT molecular complexity index is 417. The molecule has 1 aromatic carbocycles. The topological polar surface area (TPSA) is 44.1 Å². The SMILES string of the molecule is Cc1ccc(C(=O)CN(C)CC(C)C#N)cc1. The first-order chi connectivity index (χ1) is 8.02. The zero-order chi connectivity index (χ0) is 12.8. The minimum atomic E-state index is -0.0502. The van der Waals surface area contributed by atoms with Gasteiger partial charge in [-0.3, -0.25) is 9.69 Å². The summed E-state index contributed by atoms with van der Waals surface area (Å²) < 4.78 is 0. The van der Waals surface area contributed by atoms with E-state index < -0.39 is 0 Å². The van der Waals surface area contributed by atoms with Crippen molar-refractivity contribution < 1.29 is 4.79 Å². The van der Waals surface area contributed by atoms with E-state index in [-0.39, 0.29) is 11.7 Å². The van der Waals surface area contributed by atoms with Gasteiger partial charge in [-0.05, 0) is 20.9 Å². The maximum absolute atomic E-state index is 11.9. The van der Waals surface area contributed by atoms with E-state index in [0.717, 1.165) is 11.1 Å². The first-order valence-electron chi connectivity index (χ1n) is 5.71. The lowest BCUT2D eigenvalue weighted by Crippen LogP contribution is -2.29. The van der Waals surface area contributed by atoms with Gasteiger partial charge in [0.15, 0.2) is 5.78 Å². The molecule has 0 aromatic heterocycles. The summed E-state index contributed by atoms with van der Waals surface area (Å²) in [5.41, 5.74) is 1.88. The van der Waals surface area contributed by atoms with E-state index in [4.69, 9.17) is 5.26 Å². The first kappa shape index (κ1) is 13.4. The van der Waals surface area contributed by atoms with Crippen molar-refractivity contribution in [2.45, 2.75) is 13.8 Å². The Labute approximate surface area is 103 Å². The molecule has 0 bridgehead atoms. The highest BCUT2D eigenvalue weighted by molar-refractivity contribution is 5.97. The van der Waals surface area contributed by atoms with Gasteiger partial charge in [0.05, 0.1) is 18.5 Å². The van der Waals surface area contributed by atoms with Crippen LogP contribution in [0.3, 0.4) is 0 Å². The zero-order valence-corrected chi connectivity index (χ0v) is 10.6. The highest BCUT2D eigenvalue weighted by atomic mass is 16.1. The third kappa shape index (κ3) is 4.38. The van der Waals surface area contributed by atoms with E-state index in [1.165, 1.54) is 0 Å². The van der Waals surface area contributed by atoms with Crippen LogP contribution in [0.25, 0.3) is 0 Å². The standard InChI is InChI=1S/C14H18N2O/c1-11-4-6-13(7-5-11)14(17)10-16(3)9-12(2)8-15/h4-7,12H,9-10H2,1-3H3. The molecular formula is C14H18N2O. The lowest BCUT2D eigenvalue weighted by atomic mass is 10.1. The van der Waals surface area contributed by atoms with E-state index in [1.54, 1.807) is 0 Å². The van der Waals surface area contributed by atoms with Crippen LogP contribution in [0.4, 0.5) is 0 Å². The Morgan fingerprint density at radius 3 is 2.53 bits per heavy atom. The van der Waals surface area contributed by atoms with E-state index >= 15 is 0 Å². The van der Waals surface area contributed by atoms with Crippen LogP contribution in [-0.2, 0) is 0 Å². The fourth-order valence-corrected chi connectivity index (χ4v) is 1.65. The molecule has 3 nitrogen and oxygen atoms in total. The summed E-state index contributed by atoms with van der Waals surface area (Å²) in [6.45, 7) is 4.82. The summed E-state index contributed by atoms with van der Waals surface area (Å²) in [6.07, 6.45) is 0. The monoisotopic (exact) mass is 230 g/mol. The van der Waals surface area contributed by atoms with Crippen LogP contribution in [0.5, 0.6) is 0 Å². The molecule has 0 radical (unpaired) electrons. The minimum absolute atomic E-state index is 0.0502. The van der Waals surface area contributed by atoms with Crippen molar-refractivity contribution in [2.75, 3.05) is 20.1 Å². The fourth-order valence-electron chi connectivity index (χ4n) is 1.65. The second-order valence-electron chi connectivity index (χ2n) is 4.52. The maximum atomic E-state index is 11.9. The number of ketones is 1. The molecule has 17 heavy (non-hydrogen) atoms. The van der Waals surface area contributed by atoms with Crippen LogP contribution in [0.1, 0.15) is 22.8 Å². The molecule has 0 N–H and O–H groups in total. The summed E-state index contributed by atoms with van der Waals surface area (Å²) >= 11 is 0. The van der Waals surface area contributed by atoms with Gasteiger partial charge in [-0.25, -0.2) is 0 Å². The third-order valence-corrected chi connectivity index (χ3v) is 2.59. The summed E-state index contributed by atoms with van der Waals surface area (Å²) in [5, 5.41) is 8.70. The van der Waals surface area contributed by atoms with Crippen molar-refractivity contribution in [3.8, 4) is 6.07 Å². The normalized spacial score (nSPS) is 12.2. The van der Waals surface area contributed by atoms with Gasteiger partial charge in [-0.15, -0.1) is 0 Å². The molecule has 0 aliphatic carbocycles. The molecule has 90 valence electrons. The molecule has 0 saturated carbocycles. The van der Waals surface area contributed by atoms with Gasteiger partial charge in [0.25, 0.3) is 0 Å². The van der Waals surface area contributed by atoms with Gasteiger partial charge in [0.1, 0.15) is 0 Å². The van der Waals surface area contributed by atoms with E-state index in [2.05, 4.69) is 6.07 Å². The van der Waals surface area contributed by atoms with Crippen LogP contribution >= 0.6 is 0 Å². The number of hydrogen-bond donors (Lipinski definition) is 0. The Morgan fingerprint density at radius 1 is 1.41 bits per heavy atom. The minimum Gasteiger partial charge on any atom is -0.298 e. The van der Waals surface area contributed by atoms with Crippen molar-refractivity contribution >= 4 is 5.78 Å². The molecule has 1 atom stereocenters. The third-order valence-electron chi connectivity index (χ3n) is 2.59. The lowest BCUT2D eigenvalue weighted by Gasteiger charge is -2.16. The summed E-state index contributed by atoms with van der Waals surface area (Å²) in [5.74, 6) is 0.0449. The summed E-state index contributed by atoms with van der Waals surface area (Å²) in [6, 6.07) is 9.73. The molecule has 0 aliphatic rings. The Balaban J connectivity index is 2.55. The number of hydrogen-bond acceptors (Lipinski definition) is 3. The molecule has 1 unspecified atom stereocenters. The smallest absolute Gasteiger partial charge is 0.176 e. The Morgan fingerprint density at radius 2 is 2.00 bits per heavy atom. The van der Waals surface area contributed by atoms with Crippen molar-refractivity contribution in [2.24, 2.45) is 5.92 Å². The van der Waals surface area contributed by atoms with Crippen molar-refractivity contribution in [3.63, 3.8) is 0 Å². The number of carbonyl (C=O) groups is 1. The molecule has 0 amide bonds. The van der Waals surface area contributed by atoms with Gasteiger partial charge in [-0.2, -0.15) is 5.26 Å². The van der Waals surface area contributed by atoms with E-state index in [9.17, 15) is 4.79 Å². The molecule has 3 heteroatoms. The molecule has 1 aromatic rings. The van der Waals surface area contributed by atoms with Gasteiger partial charge in [0, 0.05) is 12.1 Å². The van der Waals surface area contributed by atoms with Crippen LogP contribution in [0.2, 0.25) is 0 Å². The number of likely N-dealkylation sites (N-methyl/N-ethyl adjacent to an activating group) is 1. The molecule has 0 saturated heterocycles. The van der Waals surface area contributed by atoms with Gasteiger partial charge in [-0.1, -0.05) is 29.8 Å². The van der Waals surface area contributed by atoms with Crippen LogP contribution in [-0.4, -0.2) is 30.8 Å². The number of aryl methyl sites for hydroxylation is 1. The zero-order valence-electron chi connectivity index (χ0n) is 10.6. The maximum Gasteiger partial charge on any atom is 0.176 e. The average Bonchev–Trinajstić information content (AvgIpc) is 2.29. The highest BCUT2D eigenvalue weighted by Gasteiger charge is 2.11. The van der Waals surface area contributed by atoms with Crippen LogP contribution < -0.4 is 0 Å². The molecular weight excluding hydrogens is 212 g/mol. The van der Waals surface area contributed by atoms with Crippen LogP contribution in [0, 0.1) is 24.2 Å². The summed E-state index contributed by atoms with van der Waals surface area (Å²) in [7, 11) is 1.86. The first-order valence-corrected chi connectivity index (χ1v) is 5.71. The van der Waals surface area contributed by atoms with Gasteiger partial charge < -0.3 is 0 Å². The second kappa shape index (κ2) is 6.17. The predicted molar refractivity (Wildman–Crippen MR) is 67.8 cm³/mol. The number of nitriles is 1. The number of rotatable bonds is 5. The second-order valence-corrected chi connectivity index (χ2v) is 4.52. The van der Waals surface area contributed by atoms with E-state index in [0.29, 0.717) is 13.1 Å². The van der Waals surface area contributed by atoms with Crippen molar-refractivity contribution in [1.29, 1.82) is 5.26 Å². The molecule has 1 rings (SSSR count). The Hall–Kier alpha value is -1.66. The van der Waals surface area contributed by atoms with Gasteiger partial charge in [0.2, 0.25) is 0 Å². The largest absolute Gasteiger partial charge is 0.298 e. The average molecular weight is 230 g/mol. The van der Waals surface area contributed by atoms with Crippen molar-refractivity contribution in [1.82, 2.24) is 4.90 Å².